The summed E-state index contributed by atoms with van der Waals surface area (Å²) in [5.41, 5.74) is 1.53. The SMILES string of the molecule is CC(C)n1ccc(CNC2(C)CCC2)n1. The Morgan fingerprint density at radius 3 is 2.73 bits per heavy atom. The first-order chi connectivity index (χ1) is 7.09. The lowest BCUT2D eigenvalue weighted by molar-refractivity contribution is 0.206. The van der Waals surface area contributed by atoms with Crippen LogP contribution < -0.4 is 5.32 Å². The van der Waals surface area contributed by atoms with Crippen LogP contribution in [0.25, 0.3) is 0 Å². The van der Waals surface area contributed by atoms with Gasteiger partial charge in [-0.15, -0.1) is 0 Å². The molecule has 0 atom stereocenters. The van der Waals surface area contributed by atoms with Crippen LogP contribution in [0.1, 0.15) is 51.8 Å². The Hall–Kier alpha value is -0.830. The van der Waals surface area contributed by atoms with E-state index in [1.807, 2.05) is 4.68 Å². The zero-order valence-corrected chi connectivity index (χ0v) is 9.95. The van der Waals surface area contributed by atoms with Crippen molar-refractivity contribution < 1.29 is 0 Å². The van der Waals surface area contributed by atoms with Gasteiger partial charge in [0.1, 0.15) is 0 Å². The normalized spacial score (nSPS) is 19.2. The zero-order valence-electron chi connectivity index (χ0n) is 9.95. The molecule has 0 bridgehead atoms. The van der Waals surface area contributed by atoms with Gasteiger partial charge in [-0.1, -0.05) is 0 Å². The zero-order chi connectivity index (χ0) is 10.9. The van der Waals surface area contributed by atoms with E-state index in [0.29, 0.717) is 11.6 Å². The van der Waals surface area contributed by atoms with Crippen LogP contribution >= 0.6 is 0 Å². The van der Waals surface area contributed by atoms with Gasteiger partial charge in [0.05, 0.1) is 5.69 Å². The van der Waals surface area contributed by atoms with Crippen molar-refractivity contribution in [3.05, 3.63) is 18.0 Å². The molecule has 2 rings (SSSR count). The van der Waals surface area contributed by atoms with Crippen molar-refractivity contribution in [1.29, 1.82) is 0 Å². The van der Waals surface area contributed by atoms with Crippen molar-refractivity contribution in [1.82, 2.24) is 15.1 Å². The lowest BCUT2D eigenvalue weighted by Gasteiger charge is -2.39. The molecule has 3 nitrogen and oxygen atoms in total. The standard InChI is InChI=1S/C12H21N3/c1-10(2)15-8-5-11(14-15)9-13-12(3)6-4-7-12/h5,8,10,13H,4,6-7,9H2,1-3H3. The second-order valence-corrected chi connectivity index (χ2v) is 5.15. The summed E-state index contributed by atoms with van der Waals surface area (Å²) in [4.78, 5) is 0. The predicted octanol–water partition coefficient (Wildman–Crippen LogP) is 2.50. The molecular formula is C12H21N3. The smallest absolute Gasteiger partial charge is 0.0762 e. The van der Waals surface area contributed by atoms with E-state index < -0.39 is 0 Å². The van der Waals surface area contributed by atoms with Crippen LogP contribution in [0.2, 0.25) is 0 Å². The monoisotopic (exact) mass is 207 g/mol. The third kappa shape index (κ3) is 2.40. The Morgan fingerprint density at radius 2 is 2.27 bits per heavy atom. The van der Waals surface area contributed by atoms with Crippen molar-refractivity contribution in [2.24, 2.45) is 0 Å². The average Bonchev–Trinajstić information content (AvgIpc) is 2.60. The molecule has 1 saturated carbocycles. The molecule has 0 aliphatic heterocycles. The van der Waals surface area contributed by atoms with Crippen LogP contribution in [0.4, 0.5) is 0 Å². The third-order valence-electron chi connectivity index (χ3n) is 3.35. The molecule has 0 aromatic carbocycles. The molecule has 0 unspecified atom stereocenters. The summed E-state index contributed by atoms with van der Waals surface area (Å²) in [6.07, 6.45) is 6.03. The summed E-state index contributed by atoms with van der Waals surface area (Å²) < 4.78 is 2.01. The van der Waals surface area contributed by atoms with Gasteiger partial charge in [0.25, 0.3) is 0 Å². The predicted molar refractivity (Wildman–Crippen MR) is 61.7 cm³/mol. The van der Waals surface area contributed by atoms with Crippen LogP contribution in [-0.2, 0) is 6.54 Å². The molecule has 0 spiro atoms. The van der Waals surface area contributed by atoms with Gasteiger partial charge in [-0.25, -0.2) is 0 Å². The second-order valence-electron chi connectivity index (χ2n) is 5.15. The minimum Gasteiger partial charge on any atom is -0.306 e. The van der Waals surface area contributed by atoms with E-state index in [9.17, 15) is 0 Å². The van der Waals surface area contributed by atoms with E-state index in [0.717, 1.165) is 12.2 Å². The highest BCUT2D eigenvalue weighted by atomic mass is 15.3. The van der Waals surface area contributed by atoms with Gasteiger partial charge in [-0.3, -0.25) is 4.68 Å². The molecule has 0 amide bonds. The van der Waals surface area contributed by atoms with Crippen molar-refractivity contribution in [3.8, 4) is 0 Å². The molecule has 1 aliphatic rings. The summed E-state index contributed by atoms with van der Waals surface area (Å²) in [7, 11) is 0. The van der Waals surface area contributed by atoms with Gasteiger partial charge in [0, 0.05) is 24.3 Å². The molecule has 84 valence electrons. The van der Waals surface area contributed by atoms with Crippen molar-refractivity contribution in [3.63, 3.8) is 0 Å². The highest BCUT2D eigenvalue weighted by Gasteiger charge is 2.30. The van der Waals surface area contributed by atoms with E-state index in [1.165, 1.54) is 19.3 Å². The number of aromatic nitrogens is 2. The molecule has 3 heteroatoms. The fourth-order valence-electron chi connectivity index (χ4n) is 1.95. The van der Waals surface area contributed by atoms with Gasteiger partial charge >= 0.3 is 0 Å². The fraction of sp³-hybridized carbons (Fsp3) is 0.750. The molecule has 1 aliphatic carbocycles. The van der Waals surface area contributed by atoms with Crippen molar-refractivity contribution in [2.75, 3.05) is 0 Å². The van der Waals surface area contributed by atoms with E-state index >= 15 is 0 Å². The van der Waals surface area contributed by atoms with Gasteiger partial charge in [-0.05, 0) is 46.1 Å². The van der Waals surface area contributed by atoms with E-state index in [2.05, 4.69) is 43.4 Å². The van der Waals surface area contributed by atoms with Crippen LogP contribution in [0.5, 0.6) is 0 Å². The first kappa shape index (κ1) is 10.7. The first-order valence-electron chi connectivity index (χ1n) is 5.88. The van der Waals surface area contributed by atoms with Gasteiger partial charge in [0.2, 0.25) is 0 Å². The minimum absolute atomic E-state index is 0.377. The Kier molecular flexibility index (Phi) is 2.83. The molecule has 1 N–H and O–H groups in total. The van der Waals surface area contributed by atoms with E-state index in [4.69, 9.17) is 0 Å². The molecule has 1 fully saturated rings. The number of rotatable bonds is 4. The first-order valence-corrected chi connectivity index (χ1v) is 5.88. The quantitative estimate of drug-likeness (QED) is 0.822. The molecule has 0 saturated heterocycles. The van der Waals surface area contributed by atoms with Crippen LogP contribution in [0.3, 0.4) is 0 Å². The number of hydrogen-bond acceptors (Lipinski definition) is 2. The summed E-state index contributed by atoms with van der Waals surface area (Å²) in [6, 6.07) is 2.56. The lowest BCUT2D eigenvalue weighted by Crippen LogP contribution is -2.47. The Balaban J connectivity index is 1.88. The van der Waals surface area contributed by atoms with Crippen LogP contribution in [-0.4, -0.2) is 15.3 Å². The summed E-state index contributed by atoms with van der Waals surface area (Å²) >= 11 is 0. The highest BCUT2D eigenvalue weighted by molar-refractivity contribution is 5.01. The van der Waals surface area contributed by atoms with Crippen LogP contribution in [0.15, 0.2) is 12.3 Å². The number of hydrogen-bond donors (Lipinski definition) is 1. The lowest BCUT2D eigenvalue weighted by atomic mass is 9.78. The van der Waals surface area contributed by atoms with Gasteiger partial charge in [0.15, 0.2) is 0 Å². The fourth-order valence-corrected chi connectivity index (χ4v) is 1.95. The van der Waals surface area contributed by atoms with E-state index in [-0.39, 0.29) is 0 Å². The molecule has 1 heterocycles. The van der Waals surface area contributed by atoms with Crippen molar-refractivity contribution >= 4 is 0 Å². The van der Waals surface area contributed by atoms with Crippen molar-refractivity contribution in [2.45, 2.75) is 58.2 Å². The largest absolute Gasteiger partial charge is 0.306 e. The Morgan fingerprint density at radius 1 is 1.53 bits per heavy atom. The molecule has 1 aromatic rings. The Labute approximate surface area is 91.9 Å². The number of nitrogens with zero attached hydrogens (tertiary/aromatic N) is 2. The Bertz CT molecular complexity index is 323. The minimum atomic E-state index is 0.377. The molecular weight excluding hydrogens is 186 g/mol. The average molecular weight is 207 g/mol. The van der Waals surface area contributed by atoms with Crippen LogP contribution in [0, 0.1) is 0 Å². The van der Waals surface area contributed by atoms with Gasteiger partial charge < -0.3 is 5.32 Å². The second kappa shape index (κ2) is 3.97. The highest BCUT2D eigenvalue weighted by Crippen LogP contribution is 2.31. The summed E-state index contributed by atoms with van der Waals surface area (Å²) in [6.45, 7) is 7.50. The maximum atomic E-state index is 4.53. The topological polar surface area (TPSA) is 29.9 Å². The maximum Gasteiger partial charge on any atom is 0.0762 e. The van der Waals surface area contributed by atoms with E-state index in [1.54, 1.807) is 0 Å². The third-order valence-corrected chi connectivity index (χ3v) is 3.35. The maximum absolute atomic E-state index is 4.53. The molecule has 1 aromatic heterocycles. The molecule has 15 heavy (non-hydrogen) atoms. The number of nitrogens with one attached hydrogen (secondary N) is 1. The summed E-state index contributed by atoms with van der Waals surface area (Å²) in [5.74, 6) is 0. The summed E-state index contributed by atoms with van der Waals surface area (Å²) in [5, 5.41) is 8.11. The molecule has 0 radical (unpaired) electrons. The van der Waals surface area contributed by atoms with Gasteiger partial charge in [-0.2, -0.15) is 5.10 Å².